The molecule has 4 heteroatoms. The second-order valence-corrected chi connectivity index (χ2v) is 6.09. The van der Waals surface area contributed by atoms with Crippen LogP contribution in [0.2, 0.25) is 0 Å². The molecule has 21 heavy (non-hydrogen) atoms. The van der Waals surface area contributed by atoms with Crippen molar-refractivity contribution in [2.45, 2.75) is 52.1 Å². The predicted octanol–water partition coefficient (Wildman–Crippen LogP) is 3.94. The van der Waals surface area contributed by atoms with E-state index >= 15 is 0 Å². The van der Waals surface area contributed by atoms with E-state index in [1.165, 1.54) is 0 Å². The first-order valence-corrected chi connectivity index (χ1v) is 7.36. The van der Waals surface area contributed by atoms with Crippen LogP contribution in [-0.2, 0) is 9.47 Å². The van der Waals surface area contributed by atoms with Crippen molar-refractivity contribution in [3.8, 4) is 5.75 Å². The number of nitrogens with one attached hydrogen (secondary N) is 1. The fourth-order valence-electron chi connectivity index (χ4n) is 2.00. The number of rotatable bonds is 5. The molecule has 0 aromatic heterocycles. The lowest BCUT2D eigenvalue weighted by Gasteiger charge is -2.30. The average Bonchev–Trinajstić information content (AvgIpc) is 2.60. The summed E-state index contributed by atoms with van der Waals surface area (Å²) in [6, 6.07) is 7.82. The molecule has 0 bridgehead atoms. The summed E-state index contributed by atoms with van der Waals surface area (Å²) in [5, 5.41) is 3.20. The molecule has 1 fully saturated rings. The highest BCUT2D eigenvalue weighted by atomic mass is 16.7. The molecule has 1 aliphatic heterocycles. The van der Waals surface area contributed by atoms with Crippen LogP contribution in [0.4, 0.5) is 5.69 Å². The summed E-state index contributed by atoms with van der Waals surface area (Å²) in [4.78, 5) is 0. The summed E-state index contributed by atoms with van der Waals surface area (Å²) in [6.45, 7) is 10.8. The Morgan fingerprint density at radius 2 is 1.67 bits per heavy atom. The van der Waals surface area contributed by atoms with E-state index in [2.05, 4.69) is 5.32 Å². The summed E-state index contributed by atoms with van der Waals surface area (Å²) in [7, 11) is 0. The van der Waals surface area contributed by atoms with E-state index in [1.54, 1.807) is 0 Å². The first-order chi connectivity index (χ1) is 9.84. The lowest BCUT2D eigenvalue weighted by atomic mass is 9.90. The standard InChI is InChI=1S/C17H25NO3/c1-6-19-14-9-7-13(8-10-14)18-12-11-15-20-16(2,3)17(4,5)21-15/h7-12,15,18H,6H2,1-5H3. The van der Waals surface area contributed by atoms with E-state index in [9.17, 15) is 0 Å². The van der Waals surface area contributed by atoms with Gasteiger partial charge in [-0.05, 0) is 65.0 Å². The molecule has 1 saturated heterocycles. The second-order valence-electron chi connectivity index (χ2n) is 6.09. The Morgan fingerprint density at radius 1 is 1.10 bits per heavy atom. The number of hydrogen-bond donors (Lipinski definition) is 1. The third-order valence-corrected chi connectivity index (χ3v) is 3.94. The number of ether oxygens (including phenoxy) is 3. The highest BCUT2D eigenvalue weighted by Gasteiger charge is 2.48. The van der Waals surface area contributed by atoms with E-state index < -0.39 is 0 Å². The van der Waals surface area contributed by atoms with Gasteiger partial charge in [-0.2, -0.15) is 0 Å². The van der Waals surface area contributed by atoms with Crippen LogP contribution >= 0.6 is 0 Å². The third kappa shape index (κ3) is 3.77. The van der Waals surface area contributed by atoms with Crippen molar-refractivity contribution in [2.24, 2.45) is 0 Å². The zero-order valence-electron chi connectivity index (χ0n) is 13.5. The highest BCUT2D eigenvalue weighted by molar-refractivity contribution is 5.48. The zero-order valence-corrected chi connectivity index (χ0v) is 13.5. The van der Waals surface area contributed by atoms with Crippen molar-refractivity contribution < 1.29 is 14.2 Å². The lowest BCUT2D eigenvalue weighted by Crippen LogP contribution is -2.41. The lowest BCUT2D eigenvalue weighted by molar-refractivity contribution is -0.0505. The van der Waals surface area contributed by atoms with Gasteiger partial charge in [0.05, 0.1) is 17.8 Å². The fraction of sp³-hybridized carbons (Fsp3) is 0.529. The second kappa shape index (κ2) is 6.08. The van der Waals surface area contributed by atoms with Gasteiger partial charge in [0, 0.05) is 11.9 Å². The van der Waals surface area contributed by atoms with Crippen molar-refractivity contribution in [1.82, 2.24) is 0 Å². The Hall–Kier alpha value is -1.52. The molecule has 1 heterocycles. The molecule has 0 spiro atoms. The van der Waals surface area contributed by atoms with Gasteiger partial charge in [-0.3, -0.25) is 0 Å². The summed E-state index contributed by atoms with van der Waals surface area (Å²) >= 11 is 0. The monoisotopic (exact) mass is 291 g/mol. The summed E-state index contributed by atoms with van der Waals surface area (Å²) in [5.41, 5.74) is 0.383. The zero-order chi connectivity index (χ0) is 15.5. The topological polar surface area (TPSA) is 39.7 Å². The largest absolute Gasteiger partial charge is 0.494 e. The van der Waals surface area contributed by atoms with E-state index in [4.69, 9.17) is 14.2 Å². The summed E-state index contributed by atoms with van der Waals surface area (Å²) in [6.07, 6.45) is 3.40. The molecule has 1 N–H and O–H groups in total. The number of anilines is 1. The molecule has 0 radical (unpaired) electrons. The molecule has 0 amide bonds. The minimum absolute atomic E-state index is 0.304. The van der Waals surface area contributed by atoms with Crippen molar-refractivity contribution in [3.05, 3.63) is 36.5 Å². The van der Waals surface area contributed by atoms with Gasteiger partial charge < -0.3 is 19.5 Å². The van der Waals surface area contributed by atoms with E-state index in [0.717, 1.165) is 11.4 Å². The van der Waals surface area contributed by atoms with Crippen LogP contribution in [0, 0.1) is 0 Å². The van der Waals surface area contributed by atoms with Gasteiger partial charge in [-0.1, -0.05) is 0 Å². The van der Waals surface area contributed by atoms with E-state index in [-0.39, 0.29) is 17.5 Å². The van der Waals surface area contributed by atoms with Crippen LogP contribution in [0.25, 0.3) is 0 Å². The quantitative estimate of drug-likeness (QED) is 0.892. The van der Waals surface area contributed by atoms with Crippen molar-refractivity contribution in [3.63, 3.8) is 0 Å². The minimum Gasteiger partial charge on any atom is -0.494 e. The third-order valence-electron chi connectivity index (χ3n) is 3.94. The smallest absolute Gasteiger partial charge is 0.180 e. The molecule has 0 atom stereocenters. The molecule has 0 saturated carbocycles. The molecule has 1 aromatic rings. The molecule has 116 valence electrons. The molecule has 0 aliphatic carbocycles. The van der Waals surface area contributed by atoms with E-state index in [1.807, 2.05) is 71.2 Å². The molecule has 1 aromatic carbocycles. The van der Waals surface area contributed by atoms with Crippen LogP contribution in [0.3, 0.4) is 0 Å². The van der Waals surface area contributed by atoms with Gasteiger partial charge in [0.25, 0.3) is 0 Å². The predicted molar refractivity (Wildman–Crippen MR) is 84.5 cm³/mol. The maximum Gasteiger partial charge on any atom is 0.180 e. The molecule has 2 rings (SSSR count). The van der Waals surface area contributed by atoms with Crippen molar-refractivity contribution in [1.29, 1.82) is 0 Å². The van der Waals surface area contributed by atoms with Gasteiger partial charge in [0.1, 0.15) is 5.75 Å². The summed E-state index contributed by atoms with van der Waals surface area (Å²) in [5.74, 6) is 0.873. The van der Waals surface area contributed by atoms with Crippen LogP contribution in [0.5, 0.6) is 5.75 Å². The maximum absolute atomic E-state index is 5.88. The molecule has 0 unspecified atom stereocenters. The molecule has 4 nitrogen and oxygen atoms in total. The maximum atomic E-state index is 5.88. The summed E-state index contributed by atoms with van der Waals surface area (Å²) < 4.78 is 17.2. The molecule has 1 aliphatic rings. The Morgan fingerprint density at radius 3 is 2.19 bits per heavy atom. The van der Waals surface area contributed by atoms with Gasteiger partial charge in [-0.25, -0.2) is 0 Å². The van der Waals surface area contributed by atoms with Crippen molar-refractivity contribution >= 4 is 5.69 Å². The normalized spacial score (nSPS) is 20.8. The SMILES string of the molecule is CCOc1ccc(NC=CC2OC(C)(C)C(C)(C)O2)cc1. The van der Waals surface area contributed by atoms with E-state index in [0.29, 0.717) is 6.61 Å². The fourth-order valence-corrected chi connectivity index (χ4v) is 2.00. The highest BCUT2D eigenvalue weighted by Crippen LogP contribution is 2.38. The first-order valence-electron chi connectivity index (χ1n) is 7.36. The Kier molecular flexibility index (Phi) is 4.59. The van der Waals surface area contributed by atoms with Crippen LogP contribution in [0.1, 0.15) is 34.6 Å². The molecular formula is C17H25NO3. The van der Waals surface area contributed by atoms with Gasteiger partial charge in [0.2, 0.25) is 0 Å². The van der Waals surface area contributed by atoms with Gasteiger partial charge in [0.15, 0.2) is 6.29 Å². The average molecular weight is 291 g/mol. The number of benzene rings is 1. The molecular weight excluding hydrogens is 266 g/mol. The van der Waals surface area contributed by atoms with Crippen LogP contribution < -0.4 is 10.1 Å². The Labute approximate surface area is 127 Å². The Bertz CT molecular complexity index is 475. The Balaban J connectivity index is 1.89. The van der Waals surface area contributed by atoms with Crippen LogP contribution in [0.15, 0.2) is 36.5 Å². The van der Waals surface area contributed by atoms with Gasteiger partial charge in [-0.15, -0.1) is 0 Å². The minimum atomic E-state index is -0.329. The van der Waals surface area contributed by atoms with Crippen LogP contribution in [-0.4, -0.2) is 24.1 Å². The van der Waals surface area contributed by atoms with Gasteiger partial charge >= 0.3 is 0 Å². The number of hydrogen-bond acceptors (Lipinski definition) is 4. The van der Waals surface area contributed by atoms with Crippen molar-refractivity contribution in [2.75, 3.05) is 11.9 Å². The first kappa shape index (κ1) is 15.9.